The highest BCUT2D eigenvalue weighted by Gasteiger charge is 2.47. The van der Waals surface area contributed by atoms with E-state index in [0.29, 0.717) is 13.0 Å². The minimum atomic E-state index is -1.72. The number of carbonyl (C=O) groups is 1. The average molecular weight is 1100 g/mol. The van der Waals surface area contributed by atoms with Gasteiger partial charge in [0.15, 0.2) is 12.6 Å². The summed E-state index contributed by atoms with van der Waals surface area (Å²) in [7, 11) is 0. The number of carbonyl (C=O) groups excluding carboxylic acids is 1. The van der Waals surface area contributed by atoms with E-state index < -0.39 is 86.7 Å². The molecule has 0 radical (unpaired) electrons. The van der Waals surface area contributed by atoms with Gasteiger partial charge in [0.1, 0.15) is 54.9 Å². The normalized spacial score (nSPS) is 24.8. The summed E-state index contributed by atoms with van der Waals surface area (Å²) in [4.78, 5) is 13.1. The van der Waals surface area contributed by atoms with Crippen LogP contribution in [-0.4, -0.2) is 142 Å². The van der Waals surface area contributed by atoms with Crippen LogP contribution in [0.2, 0.25) is 0 Å². The number of hydrogen-bond donors (Lipinski definition) is 7. The lowest BCUT2D eigenvalue weighted by Crippen LogP contribution is -2.61. The molecule has 7 N–H and O–H groups in total. The van der Waals surface area contributed by atoms with Crippen molar-refractivity contribution >= 4 is 5.97 Å². The summed E-state index contributed by atoms with van der Waals surface area (Å²) in [6.07, 6.45) is 50.3. The standard InChI is InChI=1S/C64H108O14/c1-3-5-7-9-11-13-15-17-19-21-23-24-25-26-27-28-29-30-32-34-36-38-40-42-44-46-48-73-50-53(76-56(66)47-45-43-41-39-37-35-33-31-22-20-18-16-14-12-10-8-6-4-2)51-74-63-62(72)60(70)58(68)55(78-63)52-75-64-61(71)59(69)57(67)54(49-65)77-64/h5,7,11,13,17,19-20,22-24,26-27,29-30,34,36,53-55,57-65,67-72H,3-4,6,8-10,12,14-16,18,21,25,28,31-33,35,37-52H2,1-2H3/b7-5-,13-11-,19-17-,22-20-,24-23-,27-26-,30-29-,36-34-. The van der Waals surface area contributed by atoms with Gasteiger partial charge >= 0.3 is 5.97 Å². The number of esters is 1. The SMILES string of the molecule is CC/C=C\C/C=C\C/C=C\C/C=C\C/C=C\C/C=C\C/C=C\CCCCCCOCC(COC1OC(COC2OC(CO)C(O)C(O)C2O)C(O)C(O)C1O)OC(=O)CCCCCCCCC/C=C\CCCCCCCCC. The van der Waals surface area contributed by atoms with Crippen molar-refractivity contribution in [2.45, 2.75) is 268 Å². The quantitative estimate of drug-likeness (QED) is 0.0172. The smallest absolute Gasteiger partial charge is 0.306 e. The molecule has 0 saturated carbocycles. The monoisotopic (exact) mass is 1100 g/mol. The molecule has 2 fully saturated rings. The second-order valence-electron chi connectivity index (χ2n) is 20.8. The zero-order chi connectivity index (χ0) is 56.5. The van der Waals surface area contributed by atoms with Crippen LogP contribution in [0.1, 0.15) is 200 Å². The molecule has 2 aliphatic heterocycles. The zero-order valence-corrected chi connectivity index (χ0v) is 48.1. The van der Waals surface area contributed by atoms with E-state index in [4.69, 9.17) is 28.4 Å². The highest BCUT2D eigenvalue weighted by molar-refractivity contribution is 5.69. The first kappa shape index (κ1) is 71.0. The number of aliphatic hydroxyl groups excluding tert-OH is 7. The molecule has 11 atom stereocenters. The van der Waals surface area contributed by atoms with Gasteiger partial charge in [0, 0.05) is 13.0 Å². The number of allylic oxidation sites excluding steroid dienone is 16. The second kappa shape index (κ2) is 49.7. The molecule has 2 rings (SSSR count). The third-order valence-electron chi connectivity index (χ3n) is 13.8. The van der Waals surface area contributed by atoms with Gasteiger partial charge in [-0.15, -0.1) is 0 Å². The van der Waals surface area contributed by atoms with Crippen LogP contribution in [0.15, 0.2) is 97.2 Å². The maximum Gasteiger partial charge on any atom is 0.306 e. The number of hydrogen-bond acceptors (Lipinski definition) is 14. The summed E-state index contributed by atoms with van der Waals surface area (Å²) in [6.45, 7) is 3.50. The van der Waals surface area contributed by atoms with Crippen molar-refractivity contribution in [2.75, 3.05) is 33.0 Å². The third-order valence-corrected chi connectivity index (χ3v) is 13.8. The summed E-state index contributed by atoms with van der Waals surface area (Å²) < 4.78 is 34.4. The number of rotatable bonds is 48. The van der Waals surface area contributed by atoms with Gasteiger partial charge in [0.2, 0.25) is 0 Å². The first-order valence-electron chi connectivity index (χ1n) is 30.3. The van der Waals surface area contributed by atoms with Crippen LogP contribution < -0.4 is 0 Å². The van der Waals surface area contributed by atoms with E-state index in [0.717, 1.165) is 103 Å². The topological polar surface area (TPSA) is 214 Å². The molecule has 14 heteroatoms. The van der Waals surface area contributed by atoms with Crippen molar-refractivity contribution in [1.82, 2.24) is 0 Å². The third kappa shape index (κ3) is 35.6. The van der Waals surface area contributed by atoms with E-state index in [2.05, 4.69) is 111 Å². The summed E-state index contributed by atoms with van der Waals surface area (Å²) in [5.74, 6) is -0.393. The van der Waals surface area contributed by atoms with E-state index in [9.17, 15) is 40.5 Å². The highest BCUT2D eigenvalue weighted by atomic mass is 16.7. The lowest BCUT2D eigenvalue weighted by Gasteiger charge is -2.42. The predicted molar refractivity (Wildman–Crippen MR) is 311 cm³/mol. The lowest BCUT2D eigenvalue weighted by molar-refractivity contribution is -0.332. The summed E-state index contributed by atoms with van der Waals surface area (Å²) in [5.41, 5.74) is 0. The molecule has 0 aromatic carbocycles. The maximum absolute atomic E-state index is 13.1. The van der Waals surface area contributed by atoms with Gasteiger partial charge in [0.05, 0.1) is 26.4 Å². The molecular formula is C64H108O14. The summed E-state index contributed by atoms with van der Waals surface area (Å²) in [5, 5.41) is 72.4. The molecule has 0 bridgehead atoms. The Morgan fingerprint density at radius 3 is 1.32 bits per heavy atom. The van der Waals surface area contributed by atoms with Crippen LogP contribution in [0.25, 0.3) is 0 Å². The Bertz CT molecular complexity index is 1660. The highest BCUT2D eigenvalue weighted by Crippen LogP contribution is 2.26. The minimum absolute atomic E-state index is 0.0367. The van der Waals surface area contributed by atoms with Crippen LogP contribution in [0.4, 0.5) is 0 Å². The minimum Gasteiger partial charge on any atom is -0.457 e. The van der Waals surface area contributed by atoms with Crippen LogP contribution in [-0.2, 0) is 33.2 Å². The Hall–Kier alpha value is -3.09. The largest absolute Gasteiger partial charge is 0.457 e. The molecule has 11 unspecified atom stereocenters. The van der Waals surface area contributed by atoms with E-state index in [1.165, 1.54) is 70.6 Å². The molecule has 0 aromatic rings. The van der Waals surface area contributed by atoms with Gasteiger partial charge in [-0.25, -0.2) is 0 Å². The fourth-order valence-corrected chi connectivity index (χ4v) is 8.97. The molecule has 78 heavy (non-hydrogen) atoms. The van der Waals surface area contributed by atoms with Crippen molar-refractivity contribution in [2.24, 2.45) is 0 Å². The van der Waals surface area contributed by atoms with E-state index in [1.54, 1.807) is 0 Å². The fourth-order valence-electron chi connectivity index (χ4n) is 8.97. The van der Waals surface area contributed by atoms with E-state index >= 15 is 0 Å². The van der Waals surface area contributed by atoms with Gasteiger partial charge in [-0.1, -0.05) is 195 Å². The van der Waals surface area contributed by atoms with E-state index in [1.807, 2.05) is 0 Å². The van der Waals surface area contributed by atoms with Crippen molar-refractivity contribution in [1.29, 1.82) is 0 Å². The molecule has 2 saturated heterocycles. The molecule has 0 aromatic heterocycles. The molecular weight excluding hydrogens is 993 g/mol. The molecule has 0 spiro atoms. The molecule has 448 valence electrons. The van der Waals surface area contributed by atoms with Gasteiger partial charge in [0.25, 0.3) is 0 Å². The molecule has 0 aliphatic carbocycles. The first-order valence-corrected chi connectivity index (χ1v) is 30.3. The Balaban J connectivity index is 1.72. The Morgan fingerprint density at radius 1 is 0.436 bits per heavy atom. The first-order chi connectivity index (χ1) is 38.1. The van der Waals surface area contributed by atoms with Gasteiger partial charge in [-0.2, -0.15) is 0 Å². The van der Waals surface area contributed by atoms with Gasteiger partial charge < -0.3 is 64.2 Å². The second-order valence-corrected chi connectivity index (χ2v) is 20.8. The number of aliphatic hydroxyl groups is 7. The van der Waals surface area contributed by atoms with Gasteiger partial charge in [-0.3, -0.25) is 4.79 Å². The molecule has 14 nitrogen and oxygen atoms in total. The Labute approximate surface area is 471 Å². The zero-order valence-electron chi connectivity index (χ0n) is 48.1. The number of unbranched alkanes of at least 4 members (excludes halogenated alkanes) is 18. The predicted octanol–water partition coefficient (Wildman–Crippen LogP) is 11.4. The molecule has 0 amide bonds. The molecule has 2 heterocycles. The van der Waals surface area contributed by atoms with Crippen molar-refractivity contribution in [3.8, 4) is 0 Å². The Morgan fingerprint density at radius 2 is 0.833 bits per heavy atom. The summed E-state index contributed by atoms with van der Waals surface area (Å²) in [6, 6.07) is 0. The Kier molecular flexibility index (Phi) is 45.3. The van der Waals surface area contributed by atoms with Crippen LogP contribution in [0, 0.1) is 0 Å². The van der Waals surface area contributed by atoms with Crippen molar-refractivity contribution in [3.05, 3.63) is 97.2 Å². The average Bonchev–Trinajstić information content (AvgIpc) is 3.45. The van der Waals surface area contributed by atoms with Crippen molar-refractivity contribution < 1.29 is 69.0 Å². The van der Waals surface area contributed by atoms with Crippen LogP contribution >= 0.6 is 0 Å². The van der Waals surface area contributed by atoms with Crippen molar-refractivity contribution in [3.63, 3.8) is 0 Å². The molecule has 2 aliphatic rings. The number of ether oxygens (including phenoxy) is 6. The van der Waals surface area contributed by atoms with Gasteiger partial charge in [-0.05, 0) is 96.3 Å². The van der Waals surface area contributed by atoms with Crippen LogP contribution in [0.3, 0.4) is 0 Å². The van der Waals surface area contributed by atoms with Crippen LogP contribution in [0.5, 0.6) is 0 Å². The lowest BCUT2D eigenvalue weighted by atomic mass is 9.98. The maximum atomic E-state index is 13.1. The summed E-state index contributed by atoms with van der Waals surface area (Å²) >= 11 is 0. The fraction of sp³-hybridized carbons (Fsp3) is 0.734. The van der Waals surface area contributed by atoms with E-state index in [-0.39, 0.29) is 19.6 Å².